The Bertz CT molecular complexity index is 830. The lowest BCUT2D eigenvalue weighted by Crippen LogP contribution is -2.39. The second-order valence-electron chi connectivity index (χ2n) is 6.72. The Kier molecular flexibility index (Phi) is 8.79. The highest BCUT2D eigenvalue weighted by Gasteiger charge is 2.11. The van der Waals surface area contributed by atoms with Gasteiger partial charge in [0.1, 0.15) is 11.6 Å². The fraction of sp³-hybridized carbons (Fsp3) is 0.381. The molecule has 6 nitrogen and oxygen atoms in total. The molecule has 30 heavy (non-hydrogen) atoms. The number of rotatable bonds is 9. The van der Waals surface area contributed by atoms with Gasteiger partial charge in [0.15, 0.2) is 5.96 Å². The van der Waals surface area contributed by atoms with Gasteiger partial charge in [0, 0.05) is 27.2 Å². The summed E-state index contributed by atoms with van der Waals surface area (Å²) in [6, 6.07) is 10.7. The van der Waals surface area contributed by atoms with Gasteiger partial charge in [0.2, 0.25) is 0 Å². The number of hydrogen-bond donors (Lipinski definition) is 3. The second kappa shape index (κ2) is 11.3. The zero-order valence-corrected chi connectivity index (χ0v) is 17.2. The lowest BCUT2D eigenvalue weighted by atomic mass is 10.1. The minimum atomic E-state index is -2.89. The molecule has 0 aliphatic heterocycles. The largest absolute Gasteiger partial charge is 0.435 e. The summed E-state index contributed by atoms with van der Waals surface area (Å²) in [6.45, 7) is 0.0231. The molecule has 1 atom stereocenters. The standard InChI is InChI=1S/C21H27F3N4O2/c1-4-25-21(26-12-14-5-10-18(28(2)3)17(22)11-14)27-13-19(29)15-6-8-16(9-7-15)30-20(23)24/h5-11,19-20,29H,4,12-13H2,1-3H3,(H2,25,26,27). The van der Waals surface area contributed by atoms with Crippen LogP contribution < -0.4 is 20.3 Å². The minimum Gasteiger partial charge on any atom is -0.435 e. The van der Waals surface area contributed by atoms with Crippen molar-refractivity contribution in [3.8, 4) is 5.75 Å². The number of aliphatic hydroxyl groups is 1. The Morgan fingerprint density at radius 3 is 2.40 bits per heavy atom. The van der Waals surface area contributed by atoms with Crippen molar-refractivity contribution in [3.05, 3.63) is 59.4 Å². The Morgan fingerprint density at radius 1 is 1.13 bits per heavy atom. The van der Waals surface area contributed by atoms with Gasteiger partial charge in [0.25, 0.3) is 0 Å². The van der Waals surface area contributed by atoms with Gasteiger partial charge < -0.3 is 25.4 Å². The maximum atomic E-state index is 14.1. The molecule has 0 aliphatic carbocycles. The number of nitrogens with zero attached hydrogens (tertiary/aromatic N) is 2. The average Bonchev–Trinajstić information content (AvgIpc) is 2.69. The fourth-order valence-electron chi connectivity index (χ4n) is 2.71. The van der Waals surface area contributed by atoms with Crippen molar-refractivity contribution in [1.82, 2.24) is 10.6 Å². The van der Waals surface area contributed by atoms with E-state index in [9.17, 15) is 18.3 Å². The van der Waals surface area contributed by atoms with E-state index in [4.69, 9.17) is 0 Å². The van der Waals surface area contributed by atoms with Crippen molar-refractivity contribution < 1.29 is 23.0 Å². The lowest BCUT2D eigenvalue weighted by Gasteiger charge is -2.16. The summed E-state index contributed by atoms with van der Waals surface area (Å²) in [5, 5.41) is 16.4. The van der Waals surface area contributed by atoms with E-state index in [0.717, 1.165) is 0 Å². The maximum absolute atomic E-state index is 14.1. The van der Waals surface area contributed by atoms with Crippen molar-refractivity contribution in [3.63, 3.8) is 0 Å². The summed E-state index contributed by atoms with van der Waals surface area (Å²) in [4.78, 5) is 6.11. The van der Waals surface area contributed by atoms with Crippen LogP contribution in [0.3, 0.4) is 0 Å². The molecular weight excluding hydrogens is 397 g/mol. The van der Waals surface area contributed by atoms with E-state index in [1.54, 1.807) is 25.1 Å². The van der Waals surface area contributed by atoms with Crippen LogP contribution in [-0.4, -0.2) is 44.9 Å². The third kappa shape index (κ3) is 7.14. The van der Waals surface area contributed by atoms with E-state index in [0.29, 0.717) is 29.3 Å². The quantitative estimate of drug-likeness (QED) is 0.426. The summed E-state index contributed by atoms with van der Waals surface area (Å²) in [5.41, 5.74) is 1.76. The van der Waals surface area contributed by atoms with Crippen LogP contribution in [0.4, 0.5) is 18.9 Å². The SMILES string of the molecule is CCNC(=NCc1ccc(N(C)C)c(F)c1)NCC(O)c1ccc(OC(F)F)cc1. The zero-order valence-electron chi connectivity index (χ0n) is 17.2. The first kappa shape index (κ1) is 23.3. The number of aliphatic imine (C=N–C) groups is 1. The summed E-state index contributed by atoms with van der Waals surface area (Å²) in [7, 11) is 3.54. The van der Waals surface area contributed by atoms with Gasteiger partial charge >= 0.3 is 6.61 Å². The van der Waals surface area contributed by atoms with Gasteiger partial charge in [0.05, 0.1) is 18.3 Å². The summed E-state index contributed by atoms with van der Waals surface area (Å²) in [5.74, 6) is 0.169. The van der Waals surface area contributed by atoms with E-state index >= 15 is 0 Å². The van der Waals surface area contributed by atoms with Gasteiger partial charge in [-0.3, -0.25) is 0 Å². The number of nitrogens with one attached hydrogen (secondary N) is 2. The Morgan fingerprint density at radius 2 is 1.83 bits per heavy atom. The van der Waals surface area contributed by atoms with Crippen LogP contribution >= 0.6 is 0 Å². The van der Waals surface area contributed by atoms with Crippen molar-refractivity contribution in [1.29, 1.82) is 0 Å². The molecule has 0 fully saturated rings. The molecule has 0 spiro atoms. The number of benzene rings is 2. The van der Waals surface area contributed by atoms with Crippen LogP contribution in [0, 0.1) is 5.82 Å². The van der Waals surface area contributed by atoms with Gasteiger partial charge in [-0.15, -0.1) is 0 Å². The second-order valence-corrected chi connectivity index (χ2v) is 6.72. The Labute approximate surface area is 174 Å². The van der Waals surface area contributed by atoms with Crippen LogP contribution in [0.25, 0.3) is 0 Å². The number of anilines is 1. The fourth-order valence-corrected chi connectivity index (χ4v) is 2.71. The molecule has 0 saturated heterocycles. The topological polar surface area (TPSA) is 69.1 Å². The first-order valence-electron chi connectivity index (χ1n) is 9.51. The van der Waals surface area contributed by atoms with Crippen LogP contribution in [-0.2, 0) is 6.54 Å². The summed E-state index contributed by atoms with van der Waals surface area (Å²) >= 11 is 0. The minimum absolute atomic E-state index is 0.0244. The molecule has 0 heterocycles. The van der Waals surface area contributed by atoms with Crippen molar-refractivity contribution in [2.24, 2.45) is 4.99 Å². The molecule has 2 aromatic rings. The molecule has 3 N–H and O–H groups in total. The number of aliphatic hydroxyl groups excluding tert-OH is 1. The number of guanidine groups is 1. The van der Waals surface area contributed by atoms with E-state index in [-0.39, 0.29) is 24.7 Å². The van der Waals surface area contributed by atoms with Crippen LogP contribution in [0.15, 0.2) is 47.5 Å². The van der Waals surface area contributed by atoms with E-state index in [1.165, 1.54) is 30.3 Å². The zero-order chi connectivity index (χ0) is 22.1. The maximum Gasteiger partial charge on any atom is 0.387 e. The normalized spacial score (nSPS) is 12.6. The van der Waals surface area contributed by atoms with E-state index < -0.39 is 12.7 Å². The first-order valence-corrected chi connectivity index (χ1v) is 9.51. The molecule has 0 amide bonds. The molecule has 9 heteroatoms. The first-order chi connectivity index (χ1) is 14.3. The number of alkyl halides is 2. The van der Waals surface area contributed by atoms with Crippen molar-refractivity contribution in [2.75, 3.05) is 32.1 Å². The molecule has 0 bridgehead atoms. The van der Waals surface area contributed by atoms with Crippen LogP contribution in [0.2, 0.25) is 0 Å². The van der Waals surface area contributed by atoms with Gasteiger partial charge in [-0.1, -0.05) is 18.2 Å². The number of halogens is 3. The Hall–Kier alpha value is -2.94. The van der Waals surface area contributed by atoms with Crippen molar-refractivity contribution >= 4 is 11.6 Å². The van der Waals surface area contributed by atoms with E-state index in [2.05, 4.69) is 20.4 Å². The number of hydrogen-bond acceptors (Lipinski definition) is 4. The monoisotopic (exact) mass is 424 g/mol. The highest BCUT2D eigenvalue weighted by atomic mass is 19.3. The van der Waals surface area contributed by atoms with Crippen LogP contribution in [0.1, 0.15) is 24.2 Å². The average molecular weight is 424 g/mol. The molecule has 164 valence electrons. The third-order valence-corrected chi connectivity index (χ3v) is 4.21. The molecule has 2 aromatic carbocycles. The molecule has 2 rings (SSSR count). The molecule has 0 radical (unpaired) electrons. The molecule has 0 saturated carbocycles. The van der Waals surface area contributed by atoms with Crippen molar-refractivity contribution in [2.45, 2.75) is 26.2 Å². The predicted octanol–water partition coefficient (Wildman–Crippen LogP) is 3.28. The summed E-state index contributed by atoms with van der Waals surface area (Å²) in [6.07, 6.45) is -0.883. The predicted molar refractivity (Wildman–Crippen MR) is 112 cm³/mol. The summed E-state index contributed by atoms with van der Waals surface area (Å²) < 4.78 is 42.8. The van der Waals surface area contributed by atoms with Crippen LogP contribution in [0.5, 0.6) is 5.75 Å². The molecule has 0 aliphatic rings. The van der Waals surface area contributed by atoms with Gasteiger partial charge in [-0.05, 0) is 42.3 Å². The molecule has 0 aromatic heterocycles. The lowest BCUT2D eigenvalue weighted by molar-refractivity contribution is -0.0498. The van der Waals surface area contributed by atoms with Gasteiger partial charge in [-0.2, -0.15) is 8.78 Å². The van der Waals surface area contributed by atoms with Gasteiger partial charge in [-0.25, -0.2) is 9.38 Å². The Balaban J connectivity index is 1.96. The highest BCUT2D eigenvalue weighted by molar-refractivity contribution is 5.79. The highest BCUT2D eigenvalue weighted by Crippen LogP contribution is 2.20. The smallest absolute Gasteiger partial charge is 0.387 e. The molecule has 1 unspecified atom stereocenters. The third-order valence-electron chi connectivity index (χ3n) is 4.21. The number of ether oxygens (including phenoxy) is 1. The molecular formula is C21H27F3N4O2. The van der Waals surface area contributed by atoms with E-state index in [1.807, 2.05) is 13.0 Å².